The number of nitrogens with zero attached hydrogens (tertiary/aromatic N) is 1. The minimum atomic E-state index is 0.411. The van der Waals surface area contributed by atoms with Gasteiger partial charge in [-0.1, -0.05) is 16.8 Å². The number of benzene rings is 1. The first-order valence-electron chi connectivity index (χ1n) is 3.97. The Kier molecular flexibility index (Phi) is 1.98. The van der Waals surface area contributed by atoms with Gasteiger partial charge in [0, 0.05) is 17.0 Å². The summed E-state index contributed by atoms with van der Waals surface area (Å²) < 4.78 is 5.08. The van der Waals surface area contributed by atoms with E-state index in [9.17, 15) is 0 Å². The summed E-state index contributed by atoms with van der Waals surface area (Å²) in [6.07, 6.45) is 0. The molecule has 1 aromatic carbocycles. The number of fused-ring (bicyclic) bond motifs is 1. The molecule has 0 radical (unpaired) electrons. The Morgan fingerprint density at radius 2 is 2.31 bits per heavy atom. The van der Waals surface area contributed by atoms with E-state index in [2.05, 4.69) is 5.16 Å². The molecule has 68 valence electrons. The minimum absolute atomic E-state index is 0.411. The summed E-state index contributed by atoms with van der Waals surface area (Å²) in [4.78, 5) is 0. The average molecular weight is 197 g/mol. The van der Waals surface area contributed by atoms with Crippen molar-refractivity contribution in [2.24, 2.45) is 5.73 Å². The smallest absolute Gasteiger partial charge is 0.167 e. The summed E-state index contributed by atoms with van der Waals surface area (Å²) in [7, 11) is 0. The van der Waals surface area contributed by atoms with Gasteiger partial charge in [-0.15, -0.1) is 0 Å². The molecule has 0 amide bonds. The molecule has 0 fully saturated rings. The standard InChI is InChI=1S/C9H9ClN2O/c1-5-7-3-8(10)6(4-11)2-9(7)13-12-5/h2-3H,4,11H2,1H3. The van der Waals surface area contributed by atoms with E-state index in [1.54, 1.807) is 0 Å². The average Bonchev–Trinajstić information content (AvgIpc) is 2.47. The Morgan fingerprint density at radius 3 is 3.00 bits per heavy atom. The molecule has 2 aromatic rings. The molecule has 0 spiro atoms. The number of halogens is 1. The number of aromatic nitrogens is 1. The fourth-order valence-electron chi connectivity index (χ4n) is 1.28. The van der Waals surface area contributed by atoms with Crippen LogP contribution in [0, 0.1) is 6.92 Å². The normalized spacial score (nSPS) is 11.0. The van der Waals surface area contributed by atoms with Gasteiger partial charge in [0.25, 0.3) is 0 Å². The molecule has 4 heteroatoms. The Labute approximate surface area is 80.5 Å². The van der Waals surface area contributed by atoms with Crippen LogP contribution in [0.2, 0.25) is 5.02 Å². The van der Waals surface area contributed by atoms with E-state index in [1.165, 1.54) is 0 Å². The molecule has 0 saturated carbocycles. The Hall–Kier alpha value is -1.06. The van der Waals surface area contributed by atoms with Gasteiger partial charge in [0.1, 0.15) is 0 Å². The number of hydrogen-bond donors (Lipinski definition) is 1. The van der Waals surface area contributed by atoms with E-state index in [0.717, 1.165) is 22.2 Å². The first kappa shape index (κ1) is 8.53. The molecule has 2 rings (SSSR count). The van der Waals surface area contributed by atoms with Crippen molar-refractivity contribution >= 4 is 22.6 Å². The molecule has 13 heavy (non-hydrogen) atoms. The van der Waals surface area contributed by atoms with Crippen LogP contribution in [0.4, 0.5) is 0 Å². The van der Waals surface area contributed by atoms with Gasteiger partial charge in [0.2, 0.25) is 0 Å². The van der Waals surface area contributed by atoms with Crippen LogP contribution in [-0.2, 0) is 6.54 Å². The van der Waals surface area contributed by atoms with Crippen LogP contribution < -0.4 is 5.73 Å². The quantitative estimate of drug-likeness (QED) is 0.761. The van der Waals surface area contributed by atoms with Crippen LogP contribution in [0.3, 0.4) is 0 Å². The van der Waals surface area contributed by atoms with Crippen LogP contribution >= 0.6 is 11.6 Å². The Balaban J connectivity index is 2.76. The van der Waals surface area contributed by atoms with E-state index >= 15 is 0 Å². The predicted octanol–water partition coefficient (Wildman–Crippen LogP) is 2.25. The second kappa shape index (κ2) is 3.01. The van der Waals surface area contributed by atoms with E-state index in [-0.39, 0.29) is 0 Å². The Bertz CT molecular complexity index is 450. The van der Waals surface area contributed by atoms with E-state index in [1.807, 2.05) is 19.1 Å². The Morgan fingerprint density at radius 1 is 1.54 bits per heavy atom. The maximum absolute atomic E-state index is 5.98. The minimum Gasteiger partial charge on any atom is -0.356 e. The molecule has 0 aliphatic heterocycles. The molecule has 0 bridgehead atoms. The zero-order valence-corrected chi connectivity index (χ0v) is 7.93. The van der Waals surface area contributed by atoms with Crippen molar-refractivity contribution < 1.29 is 4.52 Å². The van der Waals surface area contributed by atoms with Gasteiger partial charge in [-0.3, -0.25) is 0 Å². The molecule has 2 N–H and O–H groups in total. The van der Waals surface area contributed by atoms with Crippen molar-refractivity contribution in [3.63, 3.8) is 0 Å². The predicted molar refractivity (Wildman–Crippen MR) is 51.6 cm³/mol. The number of nitrogens with two attached hydrogens (primary N) is 1. The van der Waals surface area contributed by atoms with Gasteiger partial charge >= 0.3 is 0 Å². The van der Waals surface area contributed by atoms with Gasteiger partial charge in [-0.2, -0.15) is 0 Å². The molecule has 3 nitrogen and oxygen atoms in total. The molecule has 0 aliphatic carbocycles. The van der Waals surface area contributed by atoms with Crippen LogP contribution in [0.5, 0.6) is 0 Å². The largest absolute Gasteiger partial charge is 0.356 e. The molecule has 1 aromatic heterocycles. The summed E-state index contributed by atoms with van der Waals surface area (Å²) in [5.74, 6) is 0. The fraction of sp³-hybridized carbons (Fsp3) is 0.222. The monoisotopic (exact) mass is 196 g/mol. The molecule has 0 saturated heterocycles. The summed E-state index contributed by atoms with van der Waals surface area (Å²) in [5, 5.41) is 5.45. The maximum Gasteiger partial charge on any atom is 0.167 e. The van der Waals surface area contributed by atoms with Crippen molar-refractivity contribution in [2.45, 2.75) is 13.5 Å². The fourth-order valence-corrected chi connectivity index (χ4v) is 1.52. The van der Waals surface area contributed by atoms with Crippen molar-refractivity contribution in [1.29, 1.82) is 0 Å². The maximum atomic E-state index is 5.98. The third-order valence-corrected chi connectivity index (χ3v) is 2.39. The summed E-state index contributed by atoms with van der Waals surface area (Å²) in [5.41, 5.74) is 7.97. The zero-order chi connectivity index (χ0) is 9.42. The molecular formula is C9H9ClN2O. The number of aryl methyl sites for hydroxylation is 1. The molecular weight excluding hydrogens is 188 g/mol. The van der Waals surface area contributed by atoms with Gasteiger partial charge in [-0.25, -0.2) is 0 Å². The lowest BCUT2D eigenvalue weighted by molar-refractivity contribution is 0.450. The van der Waals surface area contributed by atoms with Gasteiger partial charge < -0.3 is 10.3 Å². The molecule has 0 unspecified atom stereocenters. The van der Waals surface area contributed by atoms with Crippen LogP contribution in [-0.4, -0.2) is 5.16 Å². The van der Waals surface area contributed by atoms with E-state index in [4.69, 9.17) is 21.9 Å². The third kappa shape index (κ3) is 1.30. The topological polar surface area (TPSA) is 52.0 Å². The highest BCUT2D eigenvalue weighted by Crippen LogP contribution is 2.25. The first-order valence-corrected chi connectivity index (χ1v) is 4.34. The van der Waals surface area contributed by atoms with Crippen molar-refractivity contribution in [1.82, 2.24) is 5.16 Å². The highest BCUT2D eigenvalue weighted by Gasteiger charge is 2.07. The van der Waals surface area contributed by atoms with E-state index in [0.29, 0.717) is 11.6 Å². The van der Waals surface area contributed by atoms with Gasteiger partial charge in [0.05, 0.1) is 5.69 Å². The van der Waals surface area contributed by atoms with Crippen LogP contribution in [0.15, 0.2) is 16.7 Å². The molecule has 0 atom stereocenters. The van der Waals surface area contributed by atoms with Gasteiger partial charge in [0.15, 0.2) is 5.58 Å². The molecule has 1 heterocycles. The van der Waals surface area contributed by atoms with Crippen molar-refractivity contribution in [3.05, 3.63) is 28.4 Å². The third-order valence-electron chi connectivity index (χ3n) is 2.04. The lowest BCUT2D eigenvalue weighted by Crippen LogP contribution is -1.96. The summed E-state index contributed by atoms with van der Waals surface area (Å²) >= 11 is 5.98. The lowest BCUT2D eigenvalue weighted by atomic mass is 10.1. The zero-order valence-electron chi connectivity index (χ0n) is 7.17. The number of rotatable bonds is 1. The lowest BCUT2D eigenvalue weighted by Gasteiger charge is -1.99. The highest BCUT2D eigenvalue weighted by atomic mass is 35.5. The first-order chi connectivity index (χ1) is 6.22. The second-order valence-corrected chi connectivity index (χ2v) is 3.32. The number of hydrogen-bond acceptors (Lipinski definition) is 3. The highest BCUT2D eigenvalue weighted by molar-refractivity contribution is 6.32. The van der Waals surface area contributed by atoms with Crippen molar-refractivity contribution in [3.8, 4) is 0 Å². The molecule has 0 aliphatic rings. The van der Waals surface area contributed by atoms with E-state index < -0.39 is 0 Å². The summed E-state index contributed by atoms with van der Waals surface area (Å²) in [6.45, 7) is 2.29. The van der Waals surface area contributed by atoms with Crippen LogP contribution in [0.25, 0.3) is 11.0 Å². The van der Waals surface area contributed by atoms with Crippen molar-refractivity contribution in [2.75, 3.05) is 0 Å². The van der Waals surface area contributed by atoms with Gasteiger partial charge in [-0.05, 0) is 24.6 Å². The SMILES string of the molecule is Cc1noc2cc(CN)c(Cl)cc12. The second-order valence-electron chi connectivity index (χ2n) is 2.91. The van der Waals surface area contributed by atoms with Crippen LogP contribution in [0.1, 0.15) is 11.3 Å². The summed E-state index contributed by atoms with van der Waals surface area (Å²) in [6, 6.07) is 3.67.